The van der Waals surface area contributed by atoms with Crippen molar-refractivity contribution in [2.24, 2.45) is 0 Å². The summed E-state index contributed by atoms with van der Waals surface area (Å²) in [4.78, 5) is 8.48. The van der Waals surface area contributed by atoms with Gasteiger partial charge in [-0.05, 0) is 38.9 Å². The van der Waals surface area contributed by atoms with Crippen LogP contribution in [0.4, 0.5) is 17.6 Å². The molecule has 0 saturated carbocycles. The summed E-state index contributed by atoms with van der Waals surface area (Å²) in [6.45, 7) is -1.80. The van der Waals surface area contributed by atoms with Gasteiger partial charge in [0.15, 0.2) is 11.2 Å². The third-order valence-corrected chi connectivity index (χ3v) is 5.42. The maximum Gasteiger partial charge on any atom is 0.419 e. The molecule has 1 aliphatic heterocycles. The molecule has 7 nitrogen and oxygen atoms in total. The van der Waals surface area contributed by atoms with Crippen molar-refractivity contribution in [2.45, 2.75) is 45.6 Å². The lowest BCUT2D eigenvalue weighted by atomic mass is 9.96. The van der Waals surface area contributed by atoms with Crippen LogP contribution in [0.1, 0.15) is 28.0 Å². The lowest BCUT2D eigenvalue weighted by Crippen LogP contribution is -2.51. The molecular formula is C21H18F4N6O. The number of fused-ring (bicyclic) bond motifs is 2. The molecule has 1 aliphatic rings. The topological polar surface area (TPSA) is 81.5 Å². The van der Waals surface area contributed by atoms with E-state index in [0.717, 1.165) is 16.9 Å². The zero-order valence-corrected chi connectivity index (χ0v) is 16.9. The minimum Gasteiger partial charge on any atom is -0.358 e. The van der Waals surface area contributed by atoms with Gasteiger partial charge < -0.3 is 4.74 Å². The van der Waals surface area contributed by atoms with Gasteiger partial charge in [0.1, 0.15) is 11.5 Å². The van der Waals surface area contributed by atoms with Crippen LogP contribution in [0.25, 0.3) is 33.5 Å². The van der Waals surface area contributed by atoms with E-state index in [0.29, 0.717) is 33.5 Å². The molecule has 0 fully saturated rings. The number of hydrogen-bond acceptors (Lipinski definition) is 5. The van der Waals surface area contributed by atoms with Crippen molar-refractivity contribution < 1.29 is 26.4 Å². The Morgan fingerprint density at radius 2 is 2.09 bits per heavy atom. The largest absolute Gasteiger partial charge is 0.419 e. The fourth-order valence-corrected chi connectivity index (χ4v) is 3.88. The Kier molecular flexibility index (Phi) is 3.68. The van der Waals surface area contributed by atoms with E-state index in [1.807, 2.05) is 0 Å². The first kappa shape index (κ1) is 17.2. The van der Waals surface area contributed by atoms with Gasteiger partial charge in [-0.1, -0.05) is 0 Å². The van der Waals surface area contributed by atoms with E-state index in [4.69, 9.17) is 8.85 Å². The first-order valence-corrected chi connectivity index (χ1v) is 9.57. The number of hydrogen-bond donors (Lipinski definition) is 1. The van der Waals surface area contributed by atoms with E-state index in [2.05, 4.69) is 25.3 Å². The summed E-state index contributed by atoms with van der Waals surface area (Å²) in [5.41, 5.74) is -0.301. The van der Waals surface area contributed by atoms with Crippen LogP contribution in [-0.2, 0) is 17.9 Å². The summed E-state index contributed by atoms with van der Waals surface area (Å²) >= 11 is 0. The summed E-state index contributed by atoms with van der Waals surface area (Å²) in [7, 11) is 0. The van der Waals surface area contributed by atoms with Gasteiger partial charge in [0.25, 0.3) is 0 Å². The van der Waals surface area contributed by atoms with Gasteiger partial charge in [-0.15, -0.1) is 0 Å². The number of pyridine rings is 2. The number of halogens is 4. The van der Waals surface area contributed by atoms with Crippen molar-refractivity contribution >= 4 is 11.0 Å². The van der Waals surface area contributed by atoms with Crippen LogP contribution in [0.3, 0.4) is 0 Å². The van der Waals surface area contributed by atoms with Crippen LogP contribution in [0, 0.1) is 19.7 Å². The van der Waals surface area contributed by atoms with E-state index in [1.165, 1.54) is 6.07 Å². The van der Waals surface area contributed by atoms with E-state index < -0.39 is 37.6 Å². The molecule has 0 bridgehead atoms. The van der Waals surface area contributed by atoms with Crippen molar-refractivity contribution in [3.63, 3.8) is 0 Å². The third-order valence-electron chi connectivity index (χ3n) is 5.42. The Bertz CT molecular complexity index is 1430. The SMILES string of the molecule is [2H]C([2H])([2H])[C@]1(C(F)(F)F)Cn2nc(-c3ccc(F)cn3)c(-c3cc(C)nc4[nH]nc(C)c34)c2CO1. The Morgan fingerprint density at radius 3 is 2.78 bits per heavy atom. The normalized spacial score (nSPS) is 20.6. The van der Waals surface area contributed by atoms with E-state index in [-0.39, 0.29) is 17.1 Å². The van der Waals surface area contributed by atoms with Gasteiger partial charge in [-0.3, -0.25) is 14.8 Å². The second-order valence-corrected chi connectivity index (χ2v) is 7.65. The van der Waals surface area contributed by atoms with E-state index >= 15 is 0 Å². The molecule has 1 N–H and O–H groups in total. The van der Waals surface area contributed by atoms with Crippen LogP contribution in [0.2, 0.25) is 0 Å². The average molecular weight is 449 g/mol. The smallest absolute Gasteiger partial charge is 0.358 e. The van der Waals surface area contributed by atoms with Crippen molar-refractivity contribution in [3.05, 3.63) is 47.3 Å². The Balaban J connectivity index is 1.81. The summed E-state index contributed by atoms with van der Waals surface area (Å²) in [6, 6.07) is 4.23. The lowest BCUT2D eigenvalue weighted by molar-refractivity contribution is -0.287. The molecule has 0 radical (unpaired) electrons. The van der Waals surface area contributed by atoms with Gasteiger partial charge in [-0.2, -0.15) is 23.4 Å². The number of ether oxygens (including phenoxy) is 1. The molecule has 166 valence electrons. The molecule has 0 amide bonds. The standard InChI is InChI=1S/C21H18F4N6O/c1-10-6-13(16-11(2)28-29-19(16)27-10)17-15-8-32-20(3,21(23,24)25)9-31(15)30-18(17)14-5-4-12(22)7-26-14/h4-7H,8-9H2,1-3H3,(H,27,28,29)/t20-/m1/s1/i3D3. The zero-order chi connectivity index (χ0) is 25.3. The number of rotatable bonds is 2. The highest BCUT2D eigenvalue weighted by Gasteiger charge is 2.55. The van der Waals surface area contributed by atoms with Crippen molar-refractivity contribution in [1.29, 1.82) is 0 Å². The third kappa shape index (κ3) is 3.07. The van der Waals surface area contributed by atoms with E-state index in [1.54, 1.807) is 19.9 Å². The predicted octanol–water partition coefficient (Wildman–Crippen LogP) is 4.49. The van der Waals surface area contributed by atoms with Crippen molar-refractivity contribution in [2.75, 3.05) is 0 Å². The molecule has 0 saturated heterocycles. The minimum atomic E-state index is -5.20. The summed E-state index contributed by atoms with van der Waals surface area (Å²) < 4.78 is 84.7. The number of aromatic nitrogens is 6. The minimum absolute atomic E-state index is 0.152. The number of H-pyrrole nitrogens is 1. The van der Waals surface area contributed by atoms with Gasteiger partial charge in [0.2, 0.25) is 0 Å². The Morgan fingerprint density at radius 1 is 1.28 bits per heavy atom. The molecule has 5 heterocycles. The number of aryl methyl sites for hydroxylation is 2. The average Bonchev–Trinajstić information content (AvgIpc) is 3.32. The fraction of sp³-hybridized carbons (Fsp3) is 0.333. The molecule has 1 atom stereocenters. The van der Waals surface area contributed by atoms with Crippen LogP contribution in [0.15, 0.2) is 24.4 Å². The molecule has 5 rings (SSSR count). The molecule has 0 aromatic carbocycles. The maximum atomic E-state index is 14.1. The van der Waals surface area contributed by atoms with Crippen molar-refractivity contribution in [1.82, 2.24) is 29.9 Å². The first-order chi connectivity index (χ1) is 16.3. The molecule has 0 aliphatic carbocycles. The van der Waals surface area contributed by atoms with Crippen molar-refractivity contribution in [3.8, 4) is 22.5 Å². The van der Waals surface area contributed by atoms with Crippen LogP contribution < -0.4 is 0 Å². The number of aromatic amines is 1. The molecular weight excluding hydrogens is 428 g/mol. The lowest BCUT2D eigenvalue weighted by Gasteiger charge is -2.36. The van der Waals surface area contributed by atoms with Crippen LogP contribution in [-0.4, -0.2) is 41.7 Å². The number of nitrogens with one attached hydrogen (secondary N) is 1. The molecule has 0 unspecified atom stereocenters. The fourth-order valence-electron chi connectivity index (χ4n) is 3.88. The van der Waals surface area contributed by atoms with Crippen LogP contribution in [0.5, 0.6) is 0 Å². The van der Waals surface area contributed by atoms with E-state index in [9.17, 15) is 17.6 Å². The van der Waals surface area contributed by atoms with Gasteiger partial charge >= 0.3 is 6.18 Å². The molecule has 32 heavy (non-hydrogen) atoms. The maximum absolute atomic E-state index is 14.1. The van der Waals surface area contributed by atoms with Gasteiger partial charge in [0, 0.05) is 26.3 Å². The highest BCUT2D eigenvalue weighted by Crippen LogP contribution is 2.44. The zero-order valence-electron chi connectivity index (χ0n) is 19.9. The molecule has 0 spiro atoms. The number of alkyl halides is 3. The predicted molar refractivity (Wildman–Crippen MR) is 107 cm³/mol. The summed E-state index contributed by atoms with van der Waals surface area (Å²) in [5, 5.41) is 12.0. The Hall–Kier alpha value is -3.34. The summed E-state index contributed by atoms with van der Waals surface area (Å²) in [5.74, 6) is -0.603. The van der Waals surface area contributed by atoms with Gasteiger partial charge in [-0.25, -0.2) is 9.37 Å². The molecule has 4 aromatic heterocycles. The Labute approximate surface area is 183 Å². The highest BCUT2D eigenvalue weighted by atomic mass is 19.4. The second-order valence-electron chi connectivity index (χ2n) is 7.65. The molecule has 11 heteroatoms. The quantitative estimate of drug-likeness (QED) is 0.456. The molecule has 4 aromatic rings. The second kappa shape index (κ2) is 6.83. The summed E-state index contributed by atoms with van der Waals surface area (Å²) in [6.07, 6.45) is -4.23. The number of nitrogens with zero attached hydrogens (tertiary/aromatic N) is 5. The van der Waals surface area contributed by atoms with Crippen LogP contribution >= 0.6 is 0 Å². The first-order valence-electron chi connectivity index (χ1n) is 11.1. The van der Waals surface area contributed by atoms with Gasteiger partial charge in [0.05, 0.1) is 36.4 Å². The monoisotopic (exact) mass is 449 g/mol. The highest BCUT2D eigenvalue weighted by molar-refractivity contribution is 5.99.